The molecule has 1 aliphatic rings. The first-order valence-electron chi connectivity index (χ1n) is 7.26. The summed E-state index contributed by atoms with van der Waals surface area (Å²) in [6.07, 6.45) is 2.97. The van der Waals surface area contributed by atoms with Gasteiger partial charge in [-0.05, 0) is 49.4 Å². The second kappa shape index (κ2) is 5.96. The van der Waals surface area contributed by atoms with Gasteiger partial charge in [-0.1, -0.05) is 22.9 Å². The first kappa shape index (κ1) is 14.8. The average molecular weight is 320 g/mol. The minimum absolute atomic E-state index is 0.0283. The number of anilines is 1. The van der Waals surface area contributed by atoms with Crippen LogP contribution in [0, 0.1) is 6.92 Å². The van der Waals surface area contributed by atoms with E-state index in [1.165, 1.54) is 5.56 Å². The van der Waals surface area contributed by atoms with Crippen molar-refractivity contribution in [3.8, 4) is 0 Å². The molecule has 0 unspecified atom stereocenters. The predicted molar refractivity (Wildman–Crippen MR) is 85.0 cm³/mol. The van der Waals surface area contributed by atoms with E-state index in [2.05, 4.69) is 20.9 Å². The number of rotatable bonds is 2. The number of carbonyl (C=O) groups excluding carboxylic acids is 1. The molecule has 0 spiro atoms. The Balaban J connectivity index is 1.73. The Bertz CT molecular complexity index is 712. The Kier molecular flexibility index (Phi) is 4.02. The topological polar surface area (TPSA) is 71.8 Å². The van der Waals surface area contributed by atoms with Crippen LogP contribution in [-0.2, 0) is 13.5 Å². The number of amides is 2. The van der Waals surface area contributed by atoms with Crippen LogP contribution in [0.2, 0.25) is 5.02 Å². The first-order chi connectivity index (χ1) is 10.5. The third-order valence-electron chi connectivity index (χ3n) is 4.07. The zero-order valence-electron chi connectivity index (χ0n) is 12.6. The van der Waals surface area contributed by atoms with E-state index in [1.807, 2.05) is 25.1 Å². The fourth-order valence-electron chi connectivity index (χ4n) is 2.74. The fraction of sp³-hybridized carbons (Fsp3) is 0.400. The van der Waals surface area contributed by atoms with Gasteiger partial charge in [0.2, 0.25) is 0 Å². The molecule has 2 aromatic rings. The van der Waals surface area contributed by atoms with E-state index in [0.717, 1.165) is 30.5 Å². The quantitative estimate of drug-likeness (QED) is 0.894. The molecule has 1 heterocycles. The molecule has 116 valence electrons. The molecule has 6 nitrogen and oxygen atoms in total. The fourth-order valence-corrected chi connectivity index (χ4v) is 2.92. The number of hydrogen-bond donors (Lipinski definition) is 2. The Hall–Kier alpha value is -2.08. The minimum atomic E-state index is -0.276. The van der Waals surface area contributed by atoms with E-state index in [0.29, 0.717) is 10.8 Å². The molecule has 2 amide bonds. The number of fused-ring (bicyclic) bond motifs is 1. The maximum absolute atomic E-state index is 12.2. The van der Waals surface area contributed by atoms with Gasteiger partial charge in [0.05, 0.1) is 11.7 Å². The van der Waals surface area contributed by atoms with Crippen molar-refractivity contribution in [3.63, 3.8) is 0 Å². The van der Waals surface area contributed by atoms with Crippen molar-refractivity contribution in [3.05, 3.63) is 40.0 Å². The summed E-state index contributed by atoms with van der Waals surface area (Å²) in [6, 6.07) is 5.57. The normalized spacial score (nSPS) is 17.0. The van der Waals surface area contributed by atoms with E-state index in [4.69, 9.17) is 11.6 Å². The summed E-state index contributed by atoms with van der Waals surface area (Å²) < 4.78 is 1.62. The highest BCUT2D eigenvalue weighted by Crippen LogP contribution is 2.31. The number of aromatic nitrogens is 3. The van der Waals surface area contributed by atoms with Gasteiger partial charge in [0.15, 0.2) is 5.82 Å². The van der Waals surface area contributed by atoms with Crippen molar-refractivity contribution < 1.29 is 4.79 Å². The number of aryl methyl sites for hydroxylation is 2. The van der Waals surface area contributed by atoms with Gasteiger partial charge in [-0.15, -0.1) is 5.10 Å². The number of hydrogen-bond acceptors (Lipinski definition) is 3. The maximum Gasteiger partial charge on any atom is 0.320 e. The lowest BCUT2D eigenvalue weighted by Crippen LogP contribution is -2.34. The van der Waals surface area contributed by atoms with Gasteiger partial charge in [0, 0.05) is 12.1 Å². The zero-order valence-corrected chi connectivity index (χ0v) is 13.3. The Morgan fingerprint density at radius 2 is 2.27 bits per heavy atom. The van der Waals surface area contributed by atoms with E-state index in [9.17, 15) is 4.79 Å². The highest BCUT2D eigenvalue weighted by molar-refractivity contribution is 6.30. The molecular formula is C15H18ClN5O. The van der Waals surface area contributed by atoms with E-state index < -0.39 is 0 Å². The monoisotopic (exact) mass is 319 g/mol. The highest BCUT2D eigenvalue weighted by atomic mass is 35.5. The standard InChI is InChI=1S/C15H18ClN5O/c1-9-14(19-20-21(9)2)18-15(22)17-13-5-3-4-10-6-7-11(16)8-12(10)13/h6-8,13H,3-5H2,1-2H3,(H2,17,18,22)/t13-/m1/s1. The molecule has 7 heteroatoms. The molecule has 2 N–H and O–H groups in total. The van der Waals surface area contributed by atoms with E-state index in [-0.39, 0.29) is 12.1 Å². The molecule has 0 aliphatic heterocycles. The number of halogens is 1. The van der Waals surface area contributed by atoms with Crippen LogP contribution in [0.3, 0.4) is 0 Å². The molecule has 0 saturated heterocycles. The van der Waals surface area contributed by atoms with Gasteiger partial charge in [-0.2, -0.15) is 0 Å². The van der Waals surface area contributed by atoms with Gasteiger partial charge >= 0.3 is 6.03 Å². The van der Waals surface area contributed by atoms with Crippen LogP contribution < -0.4 is 10.6 Å². The van der Waals surface area contributed by atoms with Crippen LogP contribution >= 0.6 is 11.6 Å². The summed E-state index contributed by atoms with van der Waals surface area (Å²) in [7, 11) is 1.78. The van der Waals surface area contributed by atoms with Gasteiger partial charge in [-0.3, -0.25) is 10.00 Å². The molecule has 0 radical (unpaired) electrons. The SMILES string of the molecule is Cc1c(NC(=O)N[C@@H]2CCCc3ccc(Cl)cc32)nnn1C. The van der Waals surface area contributed by atoms with E-state index in [1.54, 1.807) is 11.7 Å². The van der Waals surface area contributed by atoms with E-state index >= 15 is 0 Å². The van der Waals surface area contributed by atoms with Crippen molar-refractivity contribution >= 4 is 23.4 Å². The molecule has 0 fully saturated rings. The van der Waals surface area contributed by atoms with Gasteiger partial charge in [-0.25, -0.2) is 4.79 Å². The number of carbonyl (C=O) groups is 1. The lowest BCUT2D eigenvalue weighted by Gasteiger charge is -2.26. The molecular weight excluding hydrogens is 302 g/mol. The summed E-state index contributed by atoms with van der Waals surface area (Å²) >= 11 is 6.08. The van der Waals surface area contributed by atoms with Crippen LogP contribution in [0.4, 0.5) is 10.6 Å². The van der Waals surface area contributed by atoms with Crippen molar-refractivity contribution in [1.82, 2.24) is 20.3 Å². The number of urea groups is 1. The Morgan fingerprint density at radius 3 is 3.00 bits per heavy atom. The molecule has 1 aromatic heterocycles. The van der Waals surface area contributed by atoms with Crippen LogP contribution in [0.25, 0.3) is 0 Å². The molecule has 0 saturated carbocycles. The van der Waals surface area contributed by atoms with Crippen LogP contribution in [-0.4, -0.2) is 21.0 Å². The average Bonchev–Trinajstić information content (AvgIpc) is 2.80. The van der Waals surface area contributed by atoms with Gasteiger partial charge < -0.3 is 5.32 Å². The minimum Gasteiger partial charge on any atom is -0.331 e. The molecule has 1 aliphatic carbocycles. The van der Waals surface area contributed by atoms with Gasteiger partial charge in [0.25, 0.3) is 0 Å². The Labute approximate surface area is 133 Å². The summed E-state index contributed by atoms with van der Waals surface area (Å²) in [6.45, 7) is 1.85. The van der Waals surface area contributed by atoms with Gasteiger partial charge in [0.1, 0.15) is 0 Å². The molecule has 1 aromatic carbocycles. The van der Waals surface area contributed by atoms with Crippen molar-refractivity contribution in [1.29, 1.82) is 0 Å². The second-order valence-electron chi connectivity index (χ2n) is 5.53. The molecule has 0 bridgehead atoms. The summed E-state index contributed by atoms with van der Waals surface area (Å²) in [5.41, 5.74) is 3.16. The Morgan fingerprint density at radius 1 is 1.45 bits per heavy atom. The lowest BCUT2D eigenvalue weighted by molar-refractivity contribution is 0.247. The smallest absolute Gasteiger partial charge is 0.320 e. The first-order valence-corrected chi connectivity index (χ1v) is 7.64. The third kappa shape index (κ3) is 2.92. The number of nitrogens with zero attached hydrogens (tertiary/aromatic N) is 3. The summed E-state index contributed by atoms with van der Waals surface area (Å²) in [5.74, 6) is 0.474. The number of benzene rings is 1. The van der Waals surface area contributed by atoms with Crippen LogP contribution in [0.1, 0.15) is 35.7 Å². The lowest BCUT2D eigenvalue weighted by atomic mass is 9.88. The highest BCUT2D eigenvalue weighted by Gasteiger charge is 2.22. The summed E-state index contributed by atoms with van der Waals surface area (Å²) in [5, 5.41) is 14.2. The second-order valence-corrected chi connectivity index (χ2v) is 5.97. The number of nitrogens with one attached hydrogen (secondary N) is 2. The van der Waals surface area contributed by atoms with Crippen molar-refractivity contribution in [2.45, 2.75) is 32.2 Å². The molecule has 22 heavy (non-hydrogen) atoms. The predicted octanol–water partition coefficient (Wildman–Crippen LogP) is 2.98. The molecule has 1 atom stereocenters. The largest absolute Gasteiger partial charge is 0.331 e. The maximum atomic E-state index is 12.2. The third-order valence-corrected chi connectivity index (χ3v) is 4.30. The molecule has 3 rings (SSSR count). The summed E-state index contributed by atoms with van der Waals surface area (Å²) in [4.78, 5) is 12.2. The van der Waals surface area contributed by atoms with Crippen LogP contribution in [0.15, 0.2) is 18.2 Å². The van der Waals surface area contributed by atoms with Crippen molar-refractivity contribution in [2.75, 3.05) is 5.32 Å². The zero-order chi connectivity index (χ0) is 15.7. The van der Waals surface area contributed by atoms with Crippen LogP contribution in [0.5, 0.6) is 0 Å². The van der Waals surface area contributed by atoms with Crippen molar-refractivity contribution in [2.24, 2.45) is 7.05 Å².